The van der Waals surface area contributed by atoms with Crippen LogP contribution in [0.1, 0.15) is 65.0 Å². The molecule has 0 radical (unpaired) electrons. The fraction of sp³-hybridized carbons (Fsp3) is 0.824. The van der Waals surface area contributed by atoms with Crippen molar-refractivity contribution in [3.05, 3.63) is 10.6 Å². The molecular weight excluding hydrogens is 278 g/mol. The molecule has 1 N–H and O–H groups in total. The molecule has 1 fully saturated rings. The molecule has 3 nitrogen and oxygen atoms in total. The minimum absolute atomic E-state index is 0.148. The zero-order chi connectivity index (χ0) is 15.8. The summed E-state index contributed by atoms with van der Waals surface area (Å²) in [6.07, 6.45) is 0. The van der Waals surface area contributed by atoms with Gasteiger partial charge >= 0.3 is 0 Å². The number of rotatable bonds is 4. The molecule has 1 aromatic heterocycles. The Balaban J connectivity index is 2.17. The van der Waals surface area contributed by atoms with Gasteiger partial charge in [-0.1, -0.05) is 27.7 Å². The van der Waals surface area contributed by atoms with E-state index in [9.17, 15) is 0 Å². The van der Waals surface area contributed by atoms with Crippen LogP contribution in [0.2, 0.25) is 0 Å². The lowest BCUT2D eigenvalue weighted by molar-refractivity contribution is 0.425. The van der Waals surface area contributed by atoms with Crippen LogP contribution >= 0.6 is 11.3 Å². The monoisotopic (exact) mass is 309 g/mol. The van der Waals surface area contributed by atoms with Gasteiger partial charge in [-0.2, -0.15) is 0 Å². The van der Waals surface area contributed by atoms with Crippen LogP contribution in [0, 0.1) is 11.8 Å². The van der Waals surface area contributed by atoms with Crippen LogP contribution in [-0.4, -0.2) is 23.6 Å². The highest BCUT2D eigenvalue weighted by Gasteiger charge is 2.29. The molecule has 0 aromatic carbocycles. The van der Waals surface area contributed by atoms with Crippen LogP contribution in [0.5, 0.6) is 0 Å². The highest BCUT2D eigenvalue weighted by atomic mass is 32.1. The molecule has 2 unspecified atom stereocenters. The van der Waals surface area contributed by atoms with Gasteiger partial charge < -0.3 is 10.2 Å². The molecule has 0 bridgehead atoms. The number of thiazole rings is 1. The number of nitrogens with one attached hydrogen (secondary N) is 1. The second-order valence-electron chi connectivity index (χ2n) is 7.92. The number of nitrogens with zero attached hydrogens (tertiary/aromatic N) is 2. The van der Waals surface area contributed by atoms with E-state index < -0.39 is 0 Å². The van der Waals surface area contributed by atoms with E-state index in [1.54, 1.807) is 0 Å². The van der Waals surface area contributed by atoms with Gasteiger partial charge in [0.25, 0.3) is 0 Å². The Labute approximate surface area is 134 Å². The van der Waals surface area contributed by atoms with Gasteiger partial charge in [-0.3, -0.25) is 0 Å². The number of hydrogen-bond donors (Lipinski definition) is 1. The van der Waals surface area contributed by atoms with Gasteiger partial charge in [-0.15, -0.1) is 11.3 Å². The number of anilines is 1. The second kappa shape index (κ2) is 6.25. The summed E-state index contributed by atoms with van der Waals surface area (Å²) in [5, 5.41) is 4.83. The normalized spacial score (nSPS) is 23.3. The summed E-state index contributed by atoms with van der Waals surface area (Å²) in [7, 11) is 0. The Morgan fingerprint density at radius 3 is 2.29 bits per heavy atom. The van der Waals surface area contributed by atoms with Gasteiger partial charge in [0.05, 0.1) is 5.69 Å². The van der Waals surface area contributed by atoms with Crippen LogP contribution in [0.15, 0.2) is 0 Å². The fourth-order valence-corrected chi connectivity index (χ4v) is 3.87. The Morgan fingerprint density at radius 1 is 1.24 bits per heavy atom. The van der Waals surface area contributed by atoms with Gasteiger partial charge in [0.1, 0.15) is 0 Å². The molecular formula is C17H31N3S. The lowest BCUT2D eigenvalue weighted by atomic mass is 10.0. The van der Waals surface area contributed by atoms with E-state index in [0.29, 0.717) is 5.92 Å². The number of hydrogen-bond acceptors (Lipinski definition) is 4. The summed E-state index contributed by atoms with van der Waals surface area (Å²) >= 11 is 1.88. The molecule has 2 atom stereocenters. The Kier molecular flexibility index (Phi) is 4.99. The third kappa shape index (κ3) is 4.19. The minimum atomic E-state index is 0.148. The van der Waals surface area contributed by atoms with Crippen LogP contribution in [0.4, 0.5) is 5.13 Å². The first-order valence-corrected chi connectivity index (χ1v) is 8.98. The molecule has 0 amide bonds. The van der Waals surface area contributed by atoms with Crippen LogP contribution in [0.3, 0.4) is 0 Å². The molecule has 1 aliphatic rings. The van der Waals surface area contributed by atoms with Crippen molar-refractivity contribution < 1.29 is 0 Å². The summed E-state index contributed by atoms with van der Waals surface area (Å²) in [6, 6.07) is 0. The molecule has 0 aliphatic carbocycles. The van der Waals surface area contributed by atoms with Crippen molar-refractivity contribution in [2.75, 3.05) is 18.0 Å². The largest absolute Gasteiger partial charge is 0.348 e. The van der Waals surface area contributed by atoms with Crippen LogP contribution in [-0.2, 0) is 6.54 Å². The van der Waals surface area contributed by atoms with E-state index >= 15 is 0 Å². The topological polar surface area (TPSA) is 28.2 Å². The van der Waals surface area contributed by atoms with Crippen LogP contribution in [0.25, 0.3) is 0 Å². The van der Waals surface area contributed by atoms with Gasteiger partial charge in [0, 0.05) is 30.1 Å². The van der Waals surface area contributed by atoms with Crippen LogP contribution < -0.4 is 10.2 Å². The maximum Gasteiger partial charge on any atom is 0.185 e. The van der Waals surface area contributed by atoms with Crippen molar-refractivity contribution in [2.45, 2.75) is 66.5 Å². The quantitative estimate of drug-likeness (QED) is 0.901. The smallest absolute Gasteiger partial charge is 0.185 e. The molecule has 2 rings (SSSR count). The minimum Gasteiger partial charge on any atom is -0.348 e. The third-order valence-corrected chi connectivity index (χ3v) is 5.43. The molecule has 1 aromatic rings. The maximum atomic E-state index is 4.97. The molecule has 1 saturated heterocycles. The standard InChI is InChI=1S/C17H31N3S/c1-11(2)15-14(8-18-17(5,6)7)21-16(19-15)20-9-12(3)13(4)10-20/h11-13,18H,8-10H2,1-7H3. The van der Waals surface area contributed by atoms with Gasteiger partial charge in [0.2, 0.25) is 0 Å². The van der Waals surface area contributed by atoms with Crippen molar-refractivity contribution in [2.24, 2.45) is 11.8 Å². The molecule has 0 spiro atoms. The zero-order valence-corrected chi connectivity index (χ0v) is 15.5. The van der Waals surface area contributed by atoms with E-state index in [1.165, 1.54) is 15.7 Å². The fourth-order valence-electron chi connectivity index (χ4n) is 2.69. The van der Waals surface area contributed by atoms with E-state index in [0.717, 1.165) is 31.5 Å². The molecule has 21 heavy (non-hydrogen) atoms. The molecule has 2 heterocycles. The summed E-state index contributed by atoms with van der Waals surface area (Å²) in [4.78, 5) is 8.85. The highest BCUT2D eigenvalue weighted by molar-refractivity contribution is 7.15. The van der Waals surface area contributed by atoms with Crippen molar-refractivity contribution in [3.8, 4) is 0 Å². The van der Waals surface area contributed by atoms with Gasteiger partial charge in [0.15, 0.2) is 5.13 Å². The van der Waals surface area contributed by atoms with Gasteiger partial charge in [-0.25, -0.2) is 4.98 Å². The zero-order valence-electron chi connectivity index (χ0n) is 14.7. The van der Waals surface area contributed by atoms with E-state index in [1.807, 2.05) is 11.3 Å². The average Bonchev–Trinajstić information content (AvgIpc) is 2.91. The number of aromatic nitrogens is 1. The van der Waals surface area contributed by atoms with Crippen molar-refractivity contribution in [1.29, 1.82) is 0 Å². The van der Waals surface area contributed by atoms with E-state index in [2.05, 4.69) is 58.7 Å². The van der Waals surface area contributed by atoms with Crippen molar-refractivity contribution >= 4 is 16.5 Å². The van der Waals surface area contributed by atoms with Crippen molar-refractivity contribution in [1.82, 2.24) is 10.3 Å². The summed E-state index contributed by atoms with van der Waals surface area (Å²) in [5.74, 6) is 2.03. The first-order valence-electron chi connectivity index (χ1n) is 8.17. The van der Waals surface area contributed by atoms with E-state index in [-0.39, 0.29) is 5.54 Å². The first kappa shape index (κ1) is 16.8. The Bertz CT molecular complexity index is 463. The van der Waals surface area contributed by atoms with Crippen molar-refractivity contribution in [3.63, 3.8) is 0 Å². The predicted octanol–water partition coefficient (Wildman–Crippen LogP) is 4.25. The SMILES string of the molecule is CC(C)c1nc(N2CC(C)C(C)C2)sc1CNC(C)(C)C. The summed E-state index contributed by atoms with van der Waals surface area (Å²) in [5.41, 5.74) is 1.42. The second-order valence-corrected chi connectivity index (χ2v) is 8.98. The maximum absolute atomic E-state index is 4.97. The Hall–Kier alpha value is -0.610. The molecule has 4 heteroatoms. The predicted molar refractivity (Wildman–Crippen MR) is 93.3 cm³/mol. The molecule has 0 saturated carbocycles. The van der Waals surface area contributed by atoms with Gasteiger partial charge in [-0.05, 0) is 38.5 Å². The average molecular weight is 310 g/mol. The third-order valence-electron chi connectivity index (χ3n) is 4.30. The van der Waals surface area contributed by atoms with E-state index in [4.69, 9.17) is 4.98 Å². The lowest BCUT2D eigenvalue weighted by Gasteiger charge is -2.20. The highest BCUT2D eigenvalue weighted by Crippen LogP contribution is 2.35. The summed E-state index contributed by atoms with van der Waals surface area (Å²) < 4.78 is 0. The molecule has 120 valence electrons. The lowest BCUT2D eigenvalue weighted by Crippen LogP contribution is -2.35. The first-order chi connectivity index (χ1) is 9.67. The Morgan fingerprint density at radius 2 is 1.81 bits per heavy atom. The summed E-state index contributed by atoms with van der Waals surface area (Å²) in [6.45, 7) is 19.1. The molecule has 1 aliphatic heterocycles.